The van der Waals surface area contributed by atoms with Crippen molar-refractivity contribution in [2.75, 3.05) is 17.7 Å². The third-order valence-electron chi connectivity index (χ3n) is 7.20. The standard InChI is InChI=1S/C23H25FN6/c1-14-9-30(13-26-14)23-10-22(11-23,12-23)29-21-27-19-17(15-3-5-16(24)6-4-15)7-8-18(19)20(25-2)28-21/h3-6,9,13,17H,7-8,10-12H2,1-2H3,(H2,25,27,28,29). The first-order chi connectivity index (χ1) is 14.5. The lowest BCUT2D eigenvalue weighted by atomic mass is 9.44. The maximum atomic E-state index is 13.4. The van der Waals surface area contributed by atoms with Crippen LogP contribution in [0.5, 0.6) is 0 Å². The number of imidazole rings is 1. The molecule has 30 heavy (non-hydrogen) atoms. The van der Waals surface area contributed by atoms with Gasteiger partial charge < -0.3 is 15.2 Å². The van der Waals surface area contributed by atoms with Gasteiger partial charge in [0.25, 0.3) is 0 Å². The van der Waals surface area contributed by atoms with Crippen LogP contribution in [0.15, 0.2) is 36.8 Å². The molecule has 4 aliphatic rings. The first-order valence-corrected chi connectivity index (χ1v) is 10.6. The zero-order chi connectivity index (χ0) is 20.5. The fourth-order valence-electron chi connectivity index (χ4n) is 5.80. The largest absolute Gasteiger partial charge is 0.373 e. The van der Waals surface area contributed by atoms with E-state index < -0.39 is 0 Å². The normalized spacial score (nSPS) is 28.4. The fraction of sp³-hybridized carbons (Fsp3) is 0.435. The number of nitrogens with zero attached hydrogens (tertiary/aromatic N) is 4. The van der Waals surface area contributed by atoms with Crippen LogP contribution in [-0.2, 0) is 12.0 Å². The fourth-order valence-corrected chi connectivity index (χ4v) is 5.80. The molecule has 2 heterocycles. The molecule has 4 aliphatic carbocycles. The van der Waals surface area contributed by atoms with E-state index in [0.29, 0.717) is 5.95 Å². The van der Waals surface area contributed by atoms with E-state index in [-0.39, 0.29) is 22.8 Å². The number of fused-ring (bicyclic) bond motifs is 1. The van der Waals surface area contributed by atoms with Gasteiger partial charge in [-0.2, -0.15) is 4.98 Å². The smallest absolute Gasteiger partial charge is 0.225 e. The molecule has 154 valence electrons. The Balaban J connectivity index is 1.27. The van der Waals surface area contributed by atoms with Gasteiger partial charge in [0, 0.05) is 30.3 Å². The number of aromatic nitrogens is 4. The van der Waals surface area contributed by atoms with Gasteiger partial charge >= 0.3 is 0 Å². The summed E-state index contributed by atoms with van der Waals surface area (Å²) in [5.41, 5.74) is 4.72. The van der Waals surface area contributed by atoms with Gasteiger partial charge in [-0.15, -0.1) is 0 Å². The quantitative estimate of drug-likeness (QED) is 0.673. The molecule has 3 fully saturated rings. The Hall–Kier alpha value is -2.96. The predicted octanol–water partition coefficient (Wildman–Crippen LogP) is 3.98. The average molecular weight is 404 g/mol. The van der Waals surface area contributed by atoms with E-state index in [2.05, 4.69) is 26.4 Å². The van der Waals surface area contributed by atoms with Crippen molar-refractivity contribution in [3.8, 4) is 0 Å². The number of hydrogen-bond donors (Lipinski definition) is 2. The van der Waals surface area contributed by atoms with E-state index >= 15 is 0 Å². The Morgan fingerprint density at radius 3 is 2.57 bits per heavy atom. The number of rotatable bonds is 5. The summed E-state index contributed by atoms with van der Waals surface area (Å²) in [6, 6.07) is 6.82. The number of nitrogens with one attached hydrogen (secondary N) is 2. The maximum Gasteiger partial charge on any atom is 0.225 e. The third-order valence-corrected chi connectivity index (χ3v) is 7.20. The average Bonchev–Trinajstić information content (AvgIpc) is 3.30. The van der Waals surface area contributed by atoms with Crippen molar-refractivity contribution in [1.29, 1.82) is 0 Å². The van der Waals surface area contributed by atoms with Crippen LogP contribution in [0.4, 0.5) is 16.2 Å². The van der Waals surface area contributed by atoms with Crippen LogP contribution in [0.25, 0.3) is 0 Å². The van der Waals surface area contributed by atoms with E-state index in [4.69, 9.17) is 9.97 Å². The number of benzene rings is 1. The van der Waals surface area contributed by atoms with Crippen molar-refractivity contribution in [1.82, 2.24) is 19.5 Å². The molecule has 1 unspecified atom stereocenters. The monoisotopic (exact) mass is 404 g/mol. The van der Waals surface area contributed by atoms with Crippen molar-refractivity contribution in [2.45, 2.75) is 56.0 Å². The van der Waals surface area contributed by atoms with Gasteiger partial charge in [-0.3, -0.25) is 0 Å². The second kappa shape index (κ2) is 6.03. The molecule has 0 saturated heterocycles. The zero-order valence-electron chi connectivity index (χ0n) is 17.2. The minimum absolute atomic E-state index is 0.0847. The van der Waals surface area contributed by atoms with Gasteiger partial charge in [0.05, 0.1) is 23.3 Å². The van der Waals surface area contributed by atoms with Crippen molar-refractivity contribution < 1.29 is 4.39 Å². The van der Waals surface area contributed by atoms with Crippen LogP contribution in [-0.4, -0.2) is 32.1 Å². The van der Waals surface area contributed by atoms with Gasteiger partial charge in [-0.25, -0.2) is 14.4 Å². The summed E-state index contributed by atoms with van der Waals surface area (Å²) in [7, 11) is 1.91. The van der Waals surface area contributed by atoms with Gasteiger partial charge in [0.1, 0.15) is 11.6 Å². The summed E-state index contributed by atoms with van der Waals surface area (Å²) < 4.78 is 15.7. The summed E-state index contributed by atoms with van der Waals surface area (Å²) >= 11 is 0. The number of anilines is 2. The van der Waals surface area contributed by atoms with Crippen molar-refractivity contribution in [2.24, 2.45) is 0 Å². The molecule has 6 nitrogen and oxygen atoms in total. The second-order valence-corrected chi connectivity index (χ2v) is 9.23. The zero-order valence-corrected chi connectivity index (χ0v) is 17.2. The molecule has 1 atom stereocenters. The maximum absolute atomic E-state index is 13.4. The van der Waals surface area contributed by atoms with E-state index in [1.165, 1.54) is 17.7 Å². The van der Waals surface area contributed by atoms with E-state index in [1.54, 1.807) is 0 Å². The molecule has 3 saturated carbocycles. The lowest BCUT2D eigenvalue weighted by Gasteiger charge is -2.70. The van der Waals surface area contributed by atoms with Gasteiger partial charge in [-0.1, -0.05) is 12.1 Å². The van der Waals surface area contributed by atoms with Crippen LogP contribution < -0.4 is 10.6 Å². The highest BCUT2D eigenvalue weighted by molar-refractivity contribution is 5.56. The highest BCUT2D eigenvalue weighted by atomic mass is 19.1. The van der Waals surface area contributed by atoms with Crippen molar-refractivity contribution in [3.63, 3.8) is 0 Å². The van der Waals surface area contributed by atoms with Crippen LogP contribution in [0.3, 0.4) is 0 Å². The highest BCUT2D eigenvalue weighted by Gasteiger charge is 2.69. The van der Waals surface area contributed by atoms with E-state index in [9.17, 15) is 4.39 Å². The number of hydrogen-bond acceptors (Lipinski definition) is 5. The highest BCUT2D eigenvalue weighted by Crippen LogP contribution is 2.66. The molecule has 7 heteroatoms. The summed E-state index contributed by atoms with van der Waals surface area (Å²) in [6.07, 6.45) is 9.23. The molecular weight excluding hydrogens is 379 g/mol. The lowest BCUT2D eigenvalue weighted by molar-refractivity contribution is -0.100. The second-order valence-electron chi connectivity index (χ2n) is 9.23. The molecule has 0 radical (unpaired) electrons. The van der Waals surface area contributed by atoms with Crippen molar-refractivity contribution >= 4 is 11.8 Å². The van der Waals surface area contributed by atoms with Crippen LogP contribution in [0.1, 0.15) is 54.1 Å². The summed E-state index contributed by atoms with van der Waals surface area (Å²) in [5.74, 6) is 1.58. The molecule has 7 rings (SSSR count). The molecule has 0 amide bonds. The molecule has 2 bridgehead atoms. The molecule has 3 aromatic rings. The topological polar surface area (TPSA) is 67.7 Å². The Morgan fingerprint density at radius 2 is 1.90 bits per heavy atom. The summed E-state index contributed by atoms with van der Waals surface area (Å²) in [4.78, 5) is 14.1. The number of aryl methyl sites for hydroxylation is 1. The number of halogens is 1. The van der Waals surface area contributed by atoms with Gasteiger partial charge in [-0.05, 0) is 56.7 Å². The Kier molecular flexibility index (Phi) is 3.59. The SMILES string of the molecule is CNc1nc(NC23CC(n4cnc(C)c4)(C2)C3)nc2c1CCC2c1ccc(F)cc1. The Morgan fingerprint density at radius 1 is 1.13 bits per heavy atom. The van der Waals surface area contributed by atoms with Crippen molar-refractivity contribution in [3.05, 3.63) is 65.1 Å². The molecular formula is C23H25FN6. The Bertz CT molecular complexity index is 1120. The first kappa shape index (κ1) is 17.9. The molecule has 0 spiro atoms. The van der Waals surface area contributed by atoms with Gasteiger partial charge in [0.2, 0.25) is 5.95 Å². The van der Waals surface area contributed by atoms with Crippen LogP contribution in [0, 0.1) is 12.7 Å². The molecule has 0 aliphatic heterocycles. The lowest BCUT2D eigenvalue weighted by Crippen LogP contribution is -2.75. The Labute approximate surface area is 175 Å². The summed E-state index contributed by atoms with van der Waals surface area (Å²) in [5, 5.41) is 6.91. The molecule has 1 aromatic carbocycles. The molecule has 2 aromatic heterocycles. The minimum atomic E-state index is -0.205. The summed E-state index contributed by atoms with van der Waals surface area (Å²) in [6.45, 7) is 2.03. The first-order valence-electron chi connectivity index (χ1n) is 10.6. The predicted molar refractivity (Wildman–Crippen MR) is 113 cm³/mol. The van der Waals surface area contributed by atoms with E-state index in [0.717, 1.165) is 54.9 Å². The third kappa shape index (κ3) is 2.50. The van der Waals surface area contributed by atoms with Gasteiger partial charge in [0.15, 0.2) is 0 Å². The minimum Gasteiger partial charge on any atom is -0.373 e. The van der Waals surface area contributed by atoms with Crippen LogP contribution >= 0.6 is 0 Å². The molecule has 2 N–H and O–H groups in total. The van der Waals surface area contributed by atoms with Crippen LogP contribution in [0.2, 0.25) is 0 Å². The van der Waals surface area contributed by atoms with E-state index in [1.807, 2.05) is 32.4 Å².